The first-order valence-corrected chi connectivity index (χ1v) is 6.05. The molecular weight excluding hydrogens is 236 g/mol. The van der Waals surface area contributed by atoms with Crippen molar-refractivity contribution in [1.29, 1.82) is 0 Å². The molecule has 5 heteroatoms. The smallest absolute Gasteiger partial charge is 0.408 e. The molecular formula is C12H10N2O2S. The van der Waals surface area contributed by atoms with Crippen molar-refractivity contribution in [3.05, 3.63) is 39.8 Å². The van der Waals surface area contributed by atoms with Gasteiger partial charge in [0.15, 0.2) is 5.58 Å². The fourth-order valence-electron chi connectivity index (χ4n) is 1.75. The number of oxazole rings is 1. The number of rotatable bonds is 1. The number of nitrogens with zero attached hydrogens (tertiary/aromatic N) is 2. The number of fused-ring (bicyclic) bond motifs is 1. The van der Waals surface area contributed by atoms with Crippen molar-refractivity contribution in [3.63, 3.8) is 0 Å². The van der Waals surface area contributed by atoms with Gasteiger partial charge in [-0.2, -0.15) is 0 Å². The van der Waals surface area contributed by atoms with Crippen LogP contribution in [-0.4, -0.2) is 9.55 Å². The van der Waals surface area contributed by atoms with E-state index in [0.29, 0.717) is 5.58 Å². The summed E-state index contributed by atoms with van der Waals surface area (Å²) in [6.45, 7) is 1.96. The van der Waals surface area contributed by atoms with Crippen molar-refractivity contribution in [2.24, 2.45) is 7.05 Å². The van der Waals surface area contributed by atoms with Gasteiger partial charge in [-0.05, 0) is 25.1 Å². The molecule has 2 aromatic heterocycles. The highest BCUT2D eigenvalue weighted by Gasteiger charge is 2.09. The number of thiazole rings is 1. The van der Waals surface area contributed by atoms with Gasteiger partial charge >= 0.3 is 5.76 Å². The topological polar surface area (TPSA) is 48.0 Å². The Balaban J connectivity index is 2.25. The van der Waals surface area contributed by atoms with E-state index in [2.05, 4.69) is 4.98 Å². The lowest BCUT2D eigenvalue weighted by Crippen LogP contribution is -2.08. The van der Waals surface area contributed by atoms with Gasteiger partial charge in [0.05, 0.1) is 5.52 Å². The summed E-state index contributed by atoms with van der Waals surface area (Å²) >= 11 is 1.59. The van der Waals surface area contributed by atoms with Crippen LogP contribution in [0, 0.1) is 6.92 Å². The first-order valence-electron chi connectivity index (χ1n) is 5.17. The number of aromatic nitrogens is 2. The first-order chi connectivity index (χ1) is 8.15. The monoisotopic (exact) mass is 246 g/mol. The van der Waals surface area contributed by atoms with Crippen LogP contribution in [0.1, 0.15) is 5.69 Å². The van der Waals surface area contributed by atoms with Crippen molar-refractivity contribution >= 4 is 22.4 Å². The Hall–Kier alpha value is -1.88. The third-order valence-electron chi connectivity index (χ3n) is 2.66. The molecule has 3 rings (SSSR count). The molecule has 0 N–H and O–H groups in total. The molecule has 0 unspecified atom stereocenters. The fraction of sp³-hybridized carbons (Fsp3) is 0.167. The lowest BCUT2D eigenvalue weighted by atomic mass is 10.2. The van der Waals surface area contributed by atoms with E-state index in [4.69, 9.17) is 4.42 Å². The molecule has 0 fully saturated rings. The summed E-state index contributed by atoms with van der Waals surface area (Å²) in [7, 11) is 1.70. The maximum atomic E-state index is 11.4. The van der Waals surface area contributed by atoms with Crippen LogP contribution in [0.2, 0.25) is 0 Å². The molecule has 17 heavy (non-hydrogen) atoms. The molecule has 0 aliphatic carbocycles. The third-order valence-corrected chi connectivity index (χ3v) is 3.67. The highest BCUT2D eigenvalue weighted by molar-refractivity contribution is 7.13. The van der Waals surface area contributed by atoms with Gasteiger partial charge in [0.1, 0.15) is 5.01 Å². The minimum atomic E-state index is -0.340. The van der Waals surface area contributed by atoms with Crippen LogP contribution >= 0.6 is 11.3 Å². The van der Waals surface area contributed by atoms with Gasteiger partial charge in [-0.3, -0.25) is 4.57 Å². The summed E-state index contributed by atoms with van der Waals surface area (Å²) in [4.78, 5) is 15.8. The number of hydrogen-bond acceptors (Lipinski definition) is 4. The van der Waals surface area contributed by atoms with Crippen LogP contribution in [0.5, 0.6) is 0 Å². The first kappa shape index (κ1) is 10.3. The molecule has 3 aromatic rings. The highest BCUT2D eigenvalue weighted by Crippen LogP contribution is 2.26. The molecule has 2 heterocycles. The van der Waals surface area contributed by atoms with Crippen molar-refractivity contribution in [2.75, 3.05) is 0 Å². The van der Waals surface area contributed by atoms with Gasteiger partial charge in [-0.15, -0.1) is 11.3 Å². The second-order valence-corrected chi connectivity index (χ2v) is 4.76. The Morgan fingerprint density at radius 3 is 2.94 bits per heavy atom. The summed E-state index contributed by atoms with van der Waals surface area (Å²) in [6, 6.07) is 5.66. The van der Waals surface area contributed by atoms with Crippen molar-refractivity contribution in [3.8, 4) is 10.6 Å². The summed E-state index contributed by atoms with van der Waals surface area (Å²) in [5.74, 6) is -0.340. The SMILES string of the molecule is Cc1csc(-c2ccc3oc(=O)n(C)c3c2)n1. The molecule has 0 aliphatic heterocycles. The van der Waals surface area contributed by atoms with Gasteiger partial charge in [0, 0.05) is 23.7 Å². The molecule has 1 aromatic carbocycles. The lowest BCUT2D eigenvalue weighted by Gasteiger charge is -1.97. The maximum absolute atomic E-state index is 11.4. The molecule has 0 radical (unpaired) electrons. The summed E-state index contributed by atoms with van der Waals surface area (Å²) in [5, 5.41) is 2.96. The summed E-state index contributed by atoms with van der Waals surface area (Å²) in [6.07, 6.45) is 0. The number of benzene rings is 1. The van der Waals surface area contributed by atoms with E-state index < -0.39 is 0 Å². The predicted molar refractivity (Wildman–Crippen MR) is 67.3 cm³/mol. The second kappa shape index (κ2) is 3.56. The van der Waals surface area contributed by atoms with Crippen LogP contribution in [0.15, 0.2) is 32.8 Å². The number of hydrogen-bond donors (Lipinski definition) is 0. The fourth-order valence-corrected chi connectivity index (χ4v) is 2.54. The molecule has 0 atom stereocenters. The predicted octanol–water partition coefficient (Wildman–Crippen LogP) is 2.56. The van der Waals surface area contributed by atoms with E-state index >= 15 is 0 Å². The molecule has 4 nitrogen and oxygen atoms in total. The van der Waals surface area contributed by atoms with E-state index in [9.17, 15) is 4.79 Å². The Labute approximate surface area is 101 Å². The second-order valence-electron chi connectivity index (χ2n) is 3.90. The van der Waals surface area contributed by atoms with E-state index in [1.54, 1.807) is 18.4 Å². The van der Waals surface area contributed by atoms with Crippen LogP contribution in [0.25, 0.3) is 21.7 Å². The van der Waals surface area contributed by atoms with Crippen molar-refractivity contribution in [1.82, 2.24) is 9.55 Å². The molecule has 0 amide bonds. The summed E-state index contributed by atoms with van der Waals surface area (Å²) in [5.41, 5.74) is 3.41. The van der Waals surface area contributed by atoms with Crippen LogP contribution in [0.3, 0.4) is 0 Å². The molecule has 0 saturated heterocycles. The highest BCUT2D eigenvalue weighted by atomic mass is 32.1. The number of aryl methyl sites for hydroxylation is 2. The maximum Gasteiger partial charge on any atom is 0.419 e. The minimum Gasteiger partial charge on any atom is -0.408 e. The Bertz CT molecular complexity index is 751. The zero-order valence-electron chi connectivity index (χ0n) is 9.43. The Kier molecular flexibility index (Phi) is 2.16. The lowest BCUT2D eigenvalue weighted by molar-refractivity contribution is 0.528. The van der Waals surface area contributed by atoms with Gasteiger partial charge in [0.2, 0.25) is 0 Å². The standard InChI is InChI=1S/C12H10N2O2S/c1-7-6-17-11(13-7)8-3-4-10-9(5-8)14(2)12(15)16-10/h3-6H,1-2H3. The minimum absolute atomic E-state index is 0.340. The molecule has 0 bridgehead atoms. The Morgan fingerprint density at radius 1 is 1.41 bits per heavy atom. The van der Waals surface area contributed by atoms with Gasteiger partial charge in [-0.1, -0.05) is 0 Å². The van der Waals surface area contributed by atoms with Crippen molar-refractivity contribution < 1.29 is 4.42 Å². The molecule has 0 aliphatic rings. The van der Waals surface area contributed by atoms with E-state index in [1.165, 1.54) is 4.57 Å². The normalized spacial score (nSPS) is 11.2. The zero-order chi connectivity index (χ0) is 12.0. The largest absolute Gasteiger partial charge is 0.419 e. The molecule has 0 saturated carbocycles. The zero-order valence-corrected chi connectivity index (χ0v) is 10.2. The van der Waals surface area contributed by atoms with Crippen LogP contribution < -0.4 is 5.76 Å². The van der Waals surface area contributed by atoms with Crippen LogP contribution in [0.4, 0.5) is 0 Å². The van der Waals surface area contributed by atoms with Crippen LogP contribution in [-0.2, 0) is 7.05 Å². The molecule has 0 spiro atoms. The molecule has 86 valence electrons. The van der Waals surface area contributed by atoms with Gasteiger partial charge in [-0.25, -0.2) is 9.78 Å². The van der Waals surface area contributed by atoms with Crippen molar-refractivity contribution in [2.45, 2.75) is 6.92 Å². The summed E-state index contributed by atoms with van der Waals surface area (Å²) < 4.78 is 6.58. The Morgan fingerprint density at radius 2 is 2.24 bits per heavy atom. The van der Waals surface area contributed by atoms with Gasteiger partial charge in [0.25, 0.3) is 0 Å². The average molecular weight is 246 g/mol. The van der Waals surface area contributed by atoms with E-state index in [-0.39, 0.29) is 5.76 Å². The van der Waals surface area contributed by atoms with E-state index in [1.807, 2.05) is 30.5 Å². The van der Waals surface area contributed by atoms with Gasteiger partial charge < -0.3 is 4.42 Å². The van der Waals surface area contributed by atoms with E-state index in [0.717, 1.165) is 21.8 Å². The third kappa shape index (κ3) is 1.59. The quantitative estimate of drug-likeness (QED) is 0.663. The average Bonchev–Trinajstić information content (AvgIpc) is 2.85.